The molecule has 2 fully saturated rings. The van der Waals surface area contributed by atoms with Crippen LogP contribution >= 0.6 is 11.6 Å². The van der Waals surface area contributed by atoms with Crippen molar-refractivity contribution in [1.82, 2.24) is 4.90 Å². The molecule has 3 unspecified atom stereocenters. The summed E-state index contributed by atoms with van der Waals surface area (Å²) in [5.41, 5.74) is 0.591. The van der Waals surface area contributed by atoms with E-state index in [0.717, 1.165) is 0 Å². The predicted molar refractivity (Wildman–Crippen MR) is 95.1 cm³/mol. The molecule has 2 heterocycles. The minimum atomic E-state index is -0.954. The summed E-state index contributed by atoms with van der Waals surface area (Å²) in [6.45, 7) is 0.597. The molecule has 0 aliphatic carbocycles. The molecule has 7 nitrogen and oxygen atoms in total. The minimum Gasteiger partial charge on any atom is -0.481 e. The third-order valence-electron chi connectivity index (χ3n) is 5.02. The molecular formula is C18H21ClN2O5. The number of carboxylic acids is 1. The summed E-state index contributed by atoms with van der Waals surface area (Å²) < 4.78 is 5.31. The Morgan fingerprint density at radius 2 is 2.04 bits per heavy atom. The van der Waals surface area contributed by atoms with Crippen LogP contribution in [0.1, 0.15) is 19.3 Å². The lowest BCUT2D eigenvalue weighted by atomic mass is 10.1. The Kier molecular flexibility index (Phi) is 5.48. The number of rotatable bonds is 5. The summed E-state index contributed by atoms with van der Waals surface area (Å²) in [4.78, 5) is 39.6. The molecule has 1 aromatic rings. The van der Waals surface area contributed by atoms with Crippen LogP contribution in [0.5, 0.6) is 0 Å². The van der Waals surface area contributed by atoms with Crippen molar-refractivity contribution in [3.63, 3.8) is 0 Å². The standard InChI is InChI=1S/C18H21ClN2O5/c1-26-13-7-12(8-17(23)24)20(10-13)18(25)11-6-16(22)21(9-11)15-5-3-2-4-14(15)19/h2-5,11-13H,6-10H2,1H3,(H,23,24). The Morgan fingerprint density at radius 1 is 1.31 bits per heavy atom. The second-order valence-corrected chi connectivity index (χ2v) is 7.10. The van der Waals surface area contributed by atoms with Crippen LogP contribution in [-0.4, -0.2) is 60.1 Å². The maximum Gasteiger partial charge on any atom is 0.305 e. The van der Waals surface area contributed by atoms with E-state index < -0.39 is 17.9 Å². The number of anilines is 1. The van der Waals surface area contributed by atoms with Crippen LogP contribution < -0.4 is 4.90 Å². The molecule has 2 amide bonds. The number of para-hydroxylation sites is 1. The predicted octanol–water partition coefficient (Wildman–Crippen LogP) is 1.78. The minimum absolute atomic E-state index is 0.0952. The summed E-state index contributed by atoms with van der Waals surface area (Å²) in [5, 5.41) is 9.56. The van der Waals surface area contributed by atoms with Gasteiger partial charge in [0.05, 0.1) is 29.2 Å². The lowest BCUT2D eigenvalue weighted by Crippen LogP contribution is -2.42. The number of nitrogens with zero attached hydrogens (tertiary/aromatic N) is 2. The van der Waals surface area contributed by atoms with Gasteiger partial charge < -0.3 is 19.6 Å². The zero-order valence-electron chi connectivity index (χ0n) is 14.4. The van der Waals surface area contributed by atoms with Crippen LogP contribution in [-0.2, 0) is 19.1 Å². The van der Waals surface area contributed by atoms with Crippen molar-refractivity contribution in [2.75, 3.05) is 25.1 Å². The summed E-state index contributed by atoms with van der Waals surface area (Å²) in [6.07, 6.45) is 0.280. The van der Waals surface area contributed by atoms with Gasteiger partial charge in [-0.15, -0.1) is 0 Å². The highest BCUT2D eigenvalue weighted by molar-refractivity contribution is 6.33. The van der Waals surface area contributed by atoms with Gasteiger partial charge in [0, 0.05) is 32.7 Å². The molecule has 2 saturated heterocycles. The number of halogens is 1. The van der Waals surface area contributed by atoms with Gasteiger partial charge in [0.2, 0.25) is 11.8 Å². The van der Waals surface area contributed by atoms with Crippen molar-refractivity contribution in [1.29, 1.82) is 0 Å². The monoisotopic (exact) mass is 380 g/mol. The van der Waals surface area contributed by atoms with Gasteiger partial charge in [-0.05, 0) is 18.6 Å². The first-order valence-electron chi connectivity index (χ1n) is 8.50. The fourth-order valence-electron chi connectivity index (χ4n) is 3.72. The first-order valence-corrected chi connectivity index (χ1v) is 8.88. The number of ether oxygens (including phenoxy) is 1. The second kappa shape index (κ2) is 7.63. The smallest absolute Gasteiger partial charge is 0.305 e. The number of carbonyl (C=O) groups is 3. The van der Waals surface area contributed by atoms with Gasteiger partial charge >= 0.3 is 5.97 Å². The lowest BCUT2D eigenvalue weighted by molar-refractivity contribution is -0.141. The van der Waals surface area contributed by atoms with E-state index in [0.29, 0.717) is 23.7 Å². The highest BCUT2D eigenvalue weighted by Crippen LogP contribution is 2.33. The zero-order chi connectivity index (χ0) is 18.8. The van der Waals surface area contributed by atoms with E-state index in [1.54, 1.807) is 36.3 Å². The fraction of sp³-hybridized carbons (Fsp3) is 0.500. The number of carboxylic acid groups (broad SMARTS) is 1. The molecule has 0 aromatic heterocycles. The Hall–Kier alpha value is -2.12. The summed E-state index contributed by atoms with van der Waals surface area (Å²) >= 11 is 6.17. The van der Waals surface area contributed by atoms with Gasteiger partial charge in [0.25, 0.3) is 0 Å². The summed E-state index contributed by atoms with van der Waals surface area (Å²) in [6, 6.07) is 6.61. The van der Waals surface area contributed by atoms with Crippen LogP contribution in [0.15, 0.2) is 24.3 Å². The molecule has 1 N–H and O–H groups in total. The highest BCUT2D eigenvalue weighted by atomic mass is 35.5. The van der Waals surface area contributed by atoms with Crippen molar-refractivity contribution >= 4 is 35.1 Å². The van der Waals surface area contributed by atoms with Gasteiger partial charge in [-0.3, -0.25) is 14.4 Å². The molecule has 0 spiro atoms. The average molecular weight is 381 g/mol. The number of carbonyl (C=O) groups excluding carboxylic acids is 2. The first-order chi connectivity index (χ1) is 12.4. The molecular weight excluding hydrogens is 360 g/mol. The third kappa shape index (κ3) is 3.68. The van der Waals surface area contributed by atoms with Gasteiger partial charge in [-0.2, -0.15) is 0 Å². The van der Waals surface area contributed by atoms with Gasteiger partial charge in [0.1, 0.15) is 0 Å². The summed E-state index contributed by atoms with van der Waals surface area (Å²) in [5.74, 6) is -1.82. The number of amides is 2. The average Bonchev–Trinajstić information content (AvgIpc) is 3.18. The van der Waals surface area contributed by atoms with Crippen molar-refractivity contribution in [2.45, 2.75) is 31.4 Å². The maximum atomic E-state index is 13.0. The summed E-state index contributed by atoms with van der Waals surface area (Å²) in [7, 11) is 1.55. The number of benzene rings is 1. The van der Waals surface area contributed by atoms with Crippen LogP contribution in [0.2, 0.25) is 5.02 Å². The Morgan fingerprint density at radius 3 is 2.69 bits per heavy atom. The molecule has 2 aliphatic rings. The molecule has 0 radical (unpaired) electrons. The quantitative estimate of drug-likeness (QED) is 0.841. The van der Waals surface area contributed by atoms with Crippen LogP contribution in [0.4, 0.5) is 5.69 Å². The van der Waals surface area contributed by atoms with E-state index in [1.165, 1.54) is 4.90 Å². The van der Waals surface area contributed by atoms with Crippen LogP contribution in [0, 0.1) is 5.92 Å². The van der Waals surface area contributed by atoms with Gasteiger partial charge in [-0.25, -0.2) is 0 Å². The van der Waals surface area contributed by atoms with Crippen molar-refractivity contribution in [3.05, 3.63) is 29.3 Å². The first kappa shape index (κ1) is 18.7. The number of aliphatic carboxylic acids is 1. The Labute approximate surface area is 156 Å². The number of hydrogen-bond acceptors (Lipinski definition) is 4. The van der Waals surface area contributed by atoms with Crippen LogP contribution in [0.3, 0.4) is 0 Å². The van der Waals surface area contributed by atoms with Gasteiger partial charge in [0.15, 0.2) is 0 Å². The normalized spacial score (nSPS) is 25.8. The SMILES string of the molecule is COC1CC(CC(=O)O)N(C(=O)C2CC(=O)N(c3ccccc3Cl)C2)C1. The number of hydrogen-bond donors (Lipinski definition) is 1. The highest BCUT2D eigenvalue weighted by Gasteiger charge is 2.43. The molecule has 1 aromatic carbocycles. The lowest BCUT2D eigenvalue weighted by Gasteiger charge is -2.26. The maximum absolute atomic E-state index is 13.0. The zero-order valence-corrected chi connectivity index (χ0v) is 15.2. The van der Waals surface area contributed by atoms with Crippen LogP contribution in [0.25, 0.3) is 0 Å². The molecule has 8 heteroatoms. The third-order valence-corrected chi connectivity index (χ3v) is 5.34. The topological polar surface area (TPSA) is 87.1 Å². The van der Waals surface area contributed by atoms with Crippen molar-refractivity contribution in [3.8, 4) is 0 Å². The molecule has 3 atom stereocenters. The Balaban J connectivity index is 1.74. The van der Waals surface area contributed by atoms with Crippen molar-refractivity contribution in [2.24, 2.45) is 5.92 Å². The largest absolute Gasteiger partial charge is 0.481 e. The molecule has 0 saturated carbocycles. The van der Waals surface area contributed by atoms with E-state index in [4.69, 9.17) is 21.4 Å². The van der Waals surface area contributed by atoms with E-state index in [2.05, 4.69) is 0 Å². The second-order valence-electron chi connectivity index (χ2n) is 6.69. The molecule has 140 valence electrons. The Bertz CT molecular complexity index is 725. The number of likely N-dealkylation sites (tertiary alicyclic amines) is 1. The van der Waals surface area contributed by atoms with E-state index in [-0.39, 0.29) is 37.3 Å². The van der Waals surface area contributed by atoms with Crippen molar-refractivity contribution < 1.29 is 24.2 Å². The molecule has 3 rings (SSSR count). The molecule has 0 bridgehead atoms. The fourth-order valence-corrected chi connectivity index (χ4v) is 3.96. The number of methoxy groups -OCH3 is 1. The molecule has 26 heavy (non-hydrogen) atoms. The van der Waals surface area contributed by atoms with E-state index >= 15 is 0 Å². The van der Waals surface area contributed by atoms with E-state index in [1.807, 2.05) is 0 Å². The van der Waals surface area contributed by atoms with Gasteiger partial charge in [-0.1, -0.05) is 23.7 Å². The molecule has 2 aliphatic heterocycles. The van der Waals surface area contributed by atoms with E-state index in [9.17, 15) is 14.4 Å².